The highest BCUT2D eigenvalue weighted by Crippen LogP contribution is 2.39. The molecule has 2 rings (SSSR count). The molecule has 116 valence electrons. The Morgan fingerprint density at radius 2 is 1.75 bits per heavy atom. The summed E-state index contributed by atoms with van der Waals surface area (Å²) in [6.07, 6.45) is 0.456. The monoisotopic (exact) mass is 286 g/mol. The van der Waals surface area contributed by atoms with Gasteiger partial charge in [0.1, 0.15) is 6.23 Å². The van der Waals surface area contributed by atoms with Crippen LogP contribution < -0.4 is 0 Å². The van der Waals surface area contributed by atoms with Gasteiger partial charge >= 0.3 is 5.97 Å². The Bertz CT molecular complexity index is 361. The maximum Gasteiger partial charge on any atom is 0.307 e. The predicted octanol–water partition coefficient (Wildman–Crippen LogP) is 1.05. The third-order valence-corrected chi connectivity index (χ3v) is 4.04. The molecule has 2 saturated heterocycles. The van der Waals surface area contributed by atoms with Crippen molar-refractivity contribution in [3.63, 3.8) is 0 Å². The first-order chi connectivity index (χ1) is 9.12. The molecular formula is C14H26N2O4. The summed E-state index contributed by atoms with van der Waals surface area (Å²) < 4.78 is 0. The average molecular weight is 286 g/mol. The van der Waals surface area contributed by atoms with Gasteiger partial charge in [0.15, 0.2) is 0 Å². The summed E-state index contributed by atoms with van der Waals surface area (Å²) in [5.74, 6) is -0.852. The fourth-order valence-corrected chi connectivity index (χ4v) is 3.35. The quantitative estimate of drug-likeness (QED) is 0.736. The van der Waals surface area contributed by atoms with E-state index in [-0.39, 0.29) is 23.6 Å². The second kappa shape index (κ2) is 5.26. The second-order valence-corrected chi connectivity index (χ2v) is 7.18. The van der Waals surface area contributed by atoms with Crippen LogP contribution in [0.15, 0.2) is 0 Å². The fourth-order valence-electron chi connectivity index (χ4n) is 3.35. The molecule has 2 aliphatic rings. The number of carboxylic acid groups (broad SMARTS) is 1. The van der Waals surface area contributed by atoms with E-state index in [0.29, 0.717) is 12.8 Å². The van der Waals surface area contributed by atoms with Crippen molar-refractivity contribution in [1.29, 1.82) is 0 Å². The maximum atomic E-state index is 11.0. The van der Waals surface area contributed by atoms with Crippen molar-refractivity contribution in [3.05, 3.63) is 0 Å². The molecule has 2 fully saturated rings. The van der Waals surface area contributed by atoms with Crippen molar-refractivity contribution >= 4 is 5.97 Å². The molecule has 0 spiro atoms. The molecule has 0 aromatic heterocycles. The Morgan fingerprint density at radius 3 is 2.15 bits per heavy atom. The number of piperidine rings is 1. The minimum Gasteiger partial charge on any atom is -0.481 e. The summed E-state index contributed by atoms with van der Waals surface area (Å²) in [7, 11) is 0. The second-order valence-electron chi connectivity index (χ2n) is 7.18. The zero-order valence-corrected chi connectivity index (χ0v) is 12.8. The number of hydrogen-bond donors (Lipinski definition) is 2. The van der Waals surface area contributed by atoms with Crippen molar-refractivity contribution in [2.24, 2.45) is 0 Å². The van der Waals surface area contributed by atoms with Gasteiger partial charge in [-0.25, -0.2) is 0 Å². The highest BCUT2D eigenvalue weighted by Gasteiger charge is 2.48. The van der Waals surface area contributed by atoms with Crippen LogP contribution in [0.2, 0.25) is 0 Å². The van der Waals surface area contributed by atoms with Crippen molar-refractivity contribution in [2.75, 3.05) is 13.1 Å². The van der Waals surface area contributed by atoms with Crippen LogP contribution in [0.5, 0.6) is 0 Å². The van der Waals surface area contributed by atoms with Crippen LogP contribution in [0.25, 0.3) is 0 Å². The summed E-state index contributed by atoms with van der Waals surface area (Å²) in [6.45, 7) is 9.87. The molecule has 1 atom stereocenters. The summed E-state index contributed by atoms with van der Waals surface area (Å²) in [5.41, 5.74) is -0.651. The number of rotatable bonds is 5. The van der Waals surface area contributed by atoms with Gasteiger partial charge in [0.2, 0.25) is 0 Å². The van der Waals surface area contributed by atoms with Gasteiger partial charge in [-0.2, -0.15) is 5.06 Å². The Morgan fingerprint density at radius 1 is 1.25 bits per heavy atom. The molecule has 0 radical (unpaired) electrons. The molecule has 0 bridgehead atoms. The molecule has 2 heterocycles. The normalized spacial score (nSPS) is 28.2. The highest BCUT2D eigenvalue weighted by molar-refractivity contribution is 5.67. The summed E-state index contributed by atoms with van der Waals surface area (Å²) in [6, 6.07) is 0. The molecule has 6 nitrogen and oxygen atoms in total. The Kier molecular flexibility index (Phi) is 4.12. The van der Waals surface area contributed by atoms with E-state index in [0.717, 1.165) is 13.1 Å². The molecule has 0 aromatic carbocycles. The van der Waals surface area contributed by atoms with E-state index in [9.17, 15) is 9.90 Å². The lowest BCUT2D eigenvalue weighted by Gasteiger charge is -2.53. The number of carboxylic acids is 1. The fraction of sp³-hybridized carbons (Fsp3) is 0.929. The van der Waals surface area contributed by atoms with Crippen LogP contribution in [0, 0.1) is 0 Å². The van der Waals surface area contributed by atoms with Gasteiger partial charge in [0.25, 0.3) is 0 Å². The Hall–Kier alpha value is -0.690. The number of hydrogen-bond acceptors (Lipinski definition) is 5. The van der Waals surface area contributed by atoms with Crippen LogP contribution >= 0.6 is 0 Å². The number of aliphatic hydroxyl groups excluding tert-OH is 1. The minimum absolute atomic E-state index is 0.0226. The lowest BCUT2D eigenvalue weighted by Crippen LogP contribution is -2.63. The maximum absolute atomic E-state index is 11.0. The van der Waals surface area contributed by atoms with Crippen LogP contribution in [-0.2, 0) is 9.63 Å². The summed E-state index contributed by atoms with van der Waals surface area (Å²) in [5, 5.41) is 20.9. The van der Waals surface area contributed by atoms with E-state index in [2.05, 4.69) is 0 Å². The molecule has 0 amide bonds. The van der Waals surface area contributed by atoms with Gasteiger partial charge in [-0.15, -0.1) is 0 Å². The van der Waals surface area contributed by atoms with Crippen molar-refractivity contribution < 1.29 is 19.8 Å². The van der Waals surface area contributed by atoms with E-state index in [1.807, 2.05) is 37.7 Å². The lowest BCUT2D eigenvalue weighted by molar-refractivity contribution is -0.328. The van der Waals surface area contributed by atoms with E-state index in [1.165, 1.54) is 0 Å². The van der Waals surface area contributed by atoms with Crippen LogP contribution in [0.4, 0.5) is 0 Å². The smallest absolute Gasteiger partial charge is 0.307 e. The van der Waals surface area contributed by atoms with E-state index < -0.39 is 12.2 Å². The number of aliphatic carboxylic acids is 1. The number of hydroxylamine groups is 2. The van der Waals surface area contributed by atoms with Gasteiger partial charge < -0.3 is 10.2 Å². The van der Waals surface area contributed by atoms with E-state index in [4.69, 9.17) is 9.94 Å². The number of carbonyl (C=O) groups is 1. The molecule has 0 aromatic rings. The highest BCUT2D eigenvalue weighted by atomic mass is 16.7. The zero-order valence-electron chi connectivity index (χ0n) is 12.8. The molecule has 2 N–H and O–H groups in total. The van der Waals surface area contributed by atoms with Crippen molar-refractivity contribution in [1.82, 2.24) is 9.96 Å². The summed E-state index contributed by atoms with van der Waals surface area (Å²) >= 11 is 0. The zero-order chi connectivity index (χ0) is 15.1. The molecule has 0 aliphatic carbocycles. The van der Waals surface area contributed by atoms with Gasteiger partial charge in [-0.3, -0.25) is 14.5 Å². The molecule has 6 heteroatoms. The molecule has 20 heavy (non-hydrogen) atoms. The minimum atomic E-state index is -0.852. The third-order valence-electron chi connectivity index (χ3n) is 4.04. The Labute approximate surface area is 120 Å². The standard InChI is InChI=1S/C14H26N2O4/c1-13(2)8-10(17)9-14(3,4)16(13)20-11(7-12(18)19)15-5-6-15/h10-11,17H,5-9H2,1-4H3,(H,18,19). The first-order valence-electron chi connectivity index (χ1n) is 7.23. The van der Waals surface area contributed by atoms with Crippen LogP contribution in [-0.4, -0.2) is 62.6 Å². The first-order valence-corrected chi connectivity index (χ1v) is 7.23. The number of nitrogens with zero attached hydrogens (tertiary/aromatic N) is 2. The van der Waals surface area contributed by atoms with Crippen LogP contribution in [0.1, 0.15) is 47.0 Å². The topological polar surface area (TPSA) is 73.0 Å². The predicted molar refractivity (Wildman–Crippen MR) is 73.9 cm³/mol. The van der Waals surface area contributed by atoms with Gasteiger partial charge in [-0.05, 0) is 40.5 Å². The average Bonchev–Trinajstić information content (AvgIpc) is 3.02. The third kappa shape index (κ3) is 3.49. The molecular weight excluding hydrogens is 260 g/mol. The van der Waals surface area contributed by atoms with Gasteiger partial charge in [0, 0.05) is 24.2 Å². The van der Waals surface area contributed by atoms with Gasteiger partial charge in [0.05, 0.1) is 12.5 Å². The van der Waals surface area contributed by atoms with E-state index in [1.54, 1.807) is 0 Å². The van der Waals surface area contributed by atoms with Gasteiger partial charge in [-0.1, -0.05) is 0 Å². The molecule has 2 aliphatic heterocycles. The molecule has 1 unspecified atom stereocenters. The summed E-state index contributed by atoms with van der Waals surface area (Å²) in [4.78, 5) is 19.1. The van der Waals surface area contributed by atoms with Crippen molar-refractivity contribution in [2.45, 2.75) is 70.4 Å². The first kappa shape index (κ1) is 15.7. The molecule has 0 saturated carbocycles. The lowest BCUT2D eigenvalue weighted by atomic mass is 9.80. The van der Waals surface area contributed by atoms with Crippen molar-refractivity contribution in [3.8, 4) is 0 Å². The Balaban J connectivity index is 2.13. The number of aliphatic hydroxyl groups is 1. The SMILES string of the molecule is CC1(C)CC(O)CC(C)(C)N1OC(CC(=O)O)N1CC1. The van der Waals surface area contributed by atoms with E-state index >= 15 is 0 Å². The van der Waals surface area contributed by atoms with Crippen LogP contribution in [0.3, 0.4) is 0 Å². The largest absolute Gasteiger partial charge is 0.481 e.